The normalized spacial score (nSPS) is 10.0. The van der Waals surface area contributed by atoms with E-state index in [2.05, 4.69) is 18.8 Å². The van der Waals surface area contributed by atoms with E-state index in [1.165, 1.54) is 6.07 Å². The molecule has 0 unspecified atom stereocenters. The van der Waals surface area contributed by atoms with Crippen LogP contribution in [0.25, 0.3) is 10.8 Å². The zero-order valence-corrected chi connectivity index (χ0v) is 14.6. The molecule has 0 atom stereocenters. The second-order valence-corrected chi connectivity index (χ2v) is 5.72. The summed E-state index contributed by atoms with van der Waals surface area (Å²) >= 11 is 0. The summed E-state index contributed by atoms with van der Waals surface area (Å²) in [7, 11) is 0. The van der Waals surface area contributed by atoms with Crippen molar-refractivity contribution in [2.45, 2.75) is 19.8 Å². The maximum Gasteiger partial charge on any atom is 0.149 e. The summed E-state index contributed by atoms with van der Waals surface area (Å²) < 4.78 is 29.0. The molecule has 2 N–H and O–H groups in total. The summed E-state index contributed by atoms with van der Waals surface area (Å²) in [6.07, 6.45) is 1.87. The van der Waals surface area contributed by atoms with Crippen molar-refractivity contribution < 1.29 is 8.78 Å². The summed E-state index contributed by atoms with van der Waals surface area (Å²) in [5.74, 6) is 4.13. The fraction of sp³-hybridized carbons (Fsp3) is 0.143. The Morgan fingerprint density at radius 2 is 1.68 bits per heavy atom. The molecule has 3 aromatic carbocycles. The molecule has 0 aliphatic heterocycles. The van der Waals surface area contributed by atoms with Crippen molar-refractivity contribution >= 4 is 28.9 Å². The Morgan fingerprint density at radius 3 is 2.36 bits per heavy atom. The summed E-state index contributed by atoms with van der Waals surface area (Å²) in [6.45, 7) is 2.07. The fourth-order valence-electron chi connectivity index (χ4n) is 2.64. The van der Waals surface area contributed by atoms with Crippen molar-refractivity contribution in [3.05, 3.63) is 76.9 Å². The van der Waals surface area contributed by atoms with Crippen LogP contribution in [0.5, 0.6) is 0 Å². The highest BCUT2D eigenvalue weighted by molar-refractivity contribution is 5.86. The number of anilines is 1. The Kier molecular flexibility index (Phi) is 6.01. The molecule has 0 radical (unpaired) electrons. The lowest BCUT2D eigenvalue weighted by atomic mass is 10.0. The molecule has 0 saturated heterocycles. The van der Waals surface area contributed by atoms with E-state index >= 15 is 0 Å². The number of aryl methyl sites for hydroxylation is 1. The Hall–Kier alpha value is -2.57. The summed E-state index contributed by atoms with van der Waals surface area (Å²) in [6, 6.07) is 13.6. The lowest BCUT2D eigenvalue weighted by Gasteiger charge is -2.06. The molecule has 0 bridgehead atoms. The molecule has 0 aromatic heterocycles. The van der Waals surface area contributed by atoms with Crippen LogP contribution in [-0.2, 0) is 6.42 Å². The van der Waals surface area contributed by atoms with E-state index in [9.17, 15) is 8.78 Å². The van der Waals surface area contributed by atoms with Crippen molar-refractivity contribution in [2.75, 3.05) is 5.73 Å². The average molecular weight is 358 g/mol. The number of nitrogens with two attached hydrogens (primary N) is 1. The molecule has 128 valence electrons. The van der Waals surface area contributed by atoms with Gasteiger partial charge in [0.15, 0.2) is 0 Å². The molecule has 0 spiro atoms. The van der Waals surface area contributed by atoms with E-state index in [-0.39, 0.29) is 18.0 Å². The van der Waals surface area contributed by atoms with Gasteiger partial charge in [-0.25, -0.2) is 8.78 Å². The number of benzene rings is 3. The van der Waals surface area contributed by atoms with Gasteiger partial charge in [0.05, 0.1) is 5.56 Å². The first-order valence-electron chi connectivity index (χ1n) is 7.86. The van der Waals surface area contributed by atoms with Gasteiger partial charge in [0.25, 0.3) is 0 Å². The topological polar surface area (TPSA) is 26.0 Å². The predicted octanol–water partition coefficient (Wildman–Crippen LogP) is 5.47. The highest BCUT2D eigenvalue weighted by Crippen LogP contribution is 2.25. The SMILES string of the molecule is CCCc1ccc2c(F)c(C#Cc3ccc(N)cc3)c(F)cc2c1.Cl. The highest BCUT2D eigenvalue weighted by Gasteiger charge is 2.12. The van der Waals surface area contributed by atoms with E-state index in [0.717, 1.165) is 18.4 Å². The predicted molar refractivity (Wildman–Crippen MR) is 102 cm³/mol. The molecule has 3 rings (SSSR count). The van der Waals surface area contributed by atoms with Crippen LogP contribution in [0.4, 0.5) is 14.5 Å². The van der Waals surface area contributed by atoms with Gasteiger partial charge in [0, 0.05) is 16.6 Å². The molecule has 25 heavy (non-hydrogen) atoms. The minimum atomic E-state index is -0.642. The quantitative estimate of drug-likeness (QED) is 0.477. The van der Waals surface area contributed by atoms with Crippen molar-refractivity contribution in [3.63, 3.8) is 0 Å². The number of hydrogen-bond donors (Lipinski definition) is 1. The molecule has 0 aliphatic rings. The van der Waals surface area contributed by atoms with Crippen molar-refractivity contribution in [1.29, 1.82) is 0 Å². The summed E-state index contributed by atoms with van der Waals surface area (Å²) in [5.41, 5.74) is 7.75. The van der Waals surface area contributed by atoms with Crippen molar-refractivity contribution in [2.24, 2.45) is 0 Å². The van der Waals surface area contributed by atoms with Gasteiger partial charge in [-0.2, -0.15) is 0 Å². The third-order valence-electron chi connectivity index (χ3n) is 3.87. The molecule has 0 fully saturated rings. The molecule has 0 heterocycles. The van der Waals surface area contributed by atoms with Crippen LogP contribution in [-0.4, -0.2) is 0 Å². The van der Waals surface area contributed by atoms with Gasteiger partial charge in [-0.1, -0.05) is 43.4 Å². The Labute approximate surface area is 152 Å². The zero-order valence-electron chi connectivity index (χ0n) is 13.8. The van der Waals surface area contributed by atoms with Crippen molar-refractivity contribution in [3.8, 4) is 11.8 Å². The molecule has 4 heteroatoms. The van der Waals surface area contributed by atoms with Crippen LogP contribution >= 0.6 is 12.4 Å². The summed E-state index contributed by atoms with van der Waals surface area (Å²) in [5, 5.41) is 0.951. The fourth-order valence-corrected chi connectivity index (χ4v) is 2.64. The van der Waals surface area contributed by atoms with E-state index in [0.29, 0.717) is 22.0 Å². The van der Waals surface area contributed by atoms with E-state index < -0.39 is 11.6 Å². The molecular weight excluding hydrogens is 340 g/mol. The molecule has 0 saturated carbocycles. The minimum Gasteiger partial charge on any atom is -0.399 e. The number of halogens is 3. The maximum absolute atomic E-state index is 14.7. The van der Waals surface area contributed by atoms with Gasteiger partial charge in [-0.3, -0.25) is 0 Å². The number of fused-ring (bicyclic) bond motifs is 1. The summed E-state index contributed by atoms with van der Waals surface area (Å²) in [4.78, 5) is 0. The van der Waals surface area contributed by atoms with Gasteiger partial charge in [0.2, 0.25) is 0 Å². The number of hydrogen-bond acceptors (Lipinski definition) is 1. The second-order valence-electron chi connectivity index (χ2n) is 5.72. The molecular formula is C21H18ClF2N. The molecule has 3 aromatic rings. The number of nitrogen functional groups attached to an aromatic ring is 1. The van der Waals surface area contributed by atoms with Gasteiger partial charge in [-0.05, 0) is 47.7 Å². The van der Waals surface area contributed by atoms with Crippen LogP contribution in [0.3, 0.4) is 0 Å². The van der Waals surface area contributed by atoms with Crippen LogP contribution < -0.4 is 5.73 Å². The third-order valence-corrected chi connectivity index (χ3v) is 3.87. The first kappa shape index (κ1) is 18.8. The first-order valence-corrected chi connectivity index (χ1v) is 7.86. The lowest BCUT2D eigenvalue weighted by molar-refractivity contribution is 0.586. The largest absolute Gasteiger partial charge is 0.399 e. The van der Waals surface area contributed by atoms with Crippen LogP contribution in [0.15, 0.2) is 48.5 Å². The molecule has 0 amide bonds. The molecule has 0 aliphatic carbocycles. The van der Waals surface area contributed by atoms with Gasteiger partial charge in [0.1, 0.15) is 11.6 Å². The third kappa shape index (κ3) is 4.10. The second kappa shape index (κ2) is 8.00. The van der Waals surface area contributed by atoms with E-state index in [1.807, 2.05) is 12.1 Å². The lowest BCUT2D eigenvalue weighted by Crippen LogP contribution is -1.94. The number of rotatable bonds is 2. The van der Waals surface area contributed by atoms with Crippen LogP contribution in [0, 0.1) is 23.5 Å². The van der Waals surface area contributed by atoms with Gasteiger partial charge in [-0.15, -0.1) is 12.4 Å². The minimum absolute atomic E-state index is 0. The van der Waals surface area contributed by atoms with E-state index in [1.54, 1.807) is 30.3 Å². The van der Waals surface area contributed by atoms with Crippen LogP contribution in [0.2, 0.25) is 0 Å². The Bertz CT molecular complexity index is 954. The molecule has 1 nitrogen and oxygen atoms in total. The monoisotopic (exact) mass is 357 g/mol. The van der Waals surface area contributed by atoms with Gasteiger partial charge < -0.3 is 5.73 Å². The maximum atomic E-state index is 14.7. The first-order chi connectivity index (χ1) is 11.6. The standard InChI is InChI=1S/C21H17F2N.ClH/c1-2-3-15-7-10-18-16(12-15)13-20(22)19(21(18)23)11-6-14-4-8-17(24)9-5-14;/h4-5,7-10,12-13H,2-3,24H2,1H3;1H. The van der Waals surface area contributed by atoms with E-state index in [4.69, 9.17) is 5.73 Å². The van der Waals surface area contributed by atoms with Gasteiger partial charge >= 0.3 is 0 Å². The Morgan fingerprint density at radius 1 is 0.960 bits per heavy atom. The average Bonchev–Trinajstić information content (AvgIpc) is 2.56. The highest BCUT2D eigenvalue weighted by atomic mass is 35.5. The van der Waals surface area contributed by atoms with Crippen molar-refractivity contribution in [1.82, 2.24) is 0 Å². The van der Waals surface area contributed by atoms with Crippen LogP contribution in [0.1, 0.15) is 30.0 Å². The Balaban J connectivity index is 0.00000225. The smallest absolute Gasteiger partial charge is 0.149 e. The zero-order chi connectivity index (χ0) is 17.1.